The Kier molecular flexibility index (Phi) is 10.4. The lowest BCUT2D eigenvalue weighted by atomic mass is 10.0. The molecule has 4 amide bonds. The molecule has 208 valence electrons. The summed E-state index contributed by atoms with van der Waals surface area (Å²) in [6, 6.07) is 2.69. The van der Waals surface area contributed by atoms with Crippen LogP contribution in [-0.4, -0.2) is 113 Å². The molecule has 0 aliphatic carbocycles. The summed E-state index contributed by atoms with van der Waals surface area (Å²) in [7, 11) is -4.03. The lowest BCUT2D eigenvalue weighted by Crippen LogP contribution is -2.54. The molecule has 38 heavy (non-hydrogen) atoms. The number of fused-ring (bicyclic) bond motifs is 1. The Morgan fingerprint density at radius 2 is 1.53 bits per heavy atom. The molecule has 2 N–H and O–H groups in total. The molecule has 1 atom stereocenters. The number of rotatable bonds is 16. The first-order valence-electron chi connectivity index (χ1n) is 11.7. The zero-order chi connectivity index (χ0) is 27.7. The molecule has 2 heterocycles. The number of hydrogen-bond acceptors (Lipinski definition) is 11. The summed E-state index contributed by atoms with van der Waals surface area (Å²) in [6.45, 7) is 0.555. The minimum Gasteiger partial charge on any atom is -0.480 e. The van der Waals surface area contributed by atoms with Crippen molar-refractivity contribution in [3.63, 3.8) is 0 Å². The van der Waals surface area contributed by atoms with Crippen LogP contribution >= 0.6 is 0 Å². The smallest absolute Gasteiger partial charge is 0.329 e. The maximum absolute atomic E-state index is 13.1. The van der Waals surface area contributed by atoms with E-state index in [2.05, 4.69) is 5.32 Å². The molecule has 14 nitrogen and oxygen atoms in total. The normalized spacial score (nSPS) is 17.6. The van der Waals surface area contributed by atoms with Crippen LogP contribution in [0.3, 0.4) is 0 Å². The van der Waals surface area contributed by atoms with Crippen LogP contribution < -0.4 is 5.32 Å². The molecule has 3 rings (SSSR count). The first-order valence-corrected chi connectivity index (χ1v) is 13.4. The average molecular weight is 557 g/mol. The third-order valence-electron chi connectivity index (χ3n) is 5.60. The Labute approximate surface area is 218 Å². The van der Waals surface area contributed by atoms with Crippen molar-refractivity contribution >= 4 is 39.4 Å². The average Bonchev–Trinajstić information content (AvgIpc) is 3.12. The van der Waals surface area contributed by atoms with Gasteiger partial charge >= 0.3 is 5.97 Å². The fourth-order valence-corrected chi connectivity index (χ4v) is 5.19. The summed E-state index contributed by atoms with van der Waals surface area (Å²) in [5.41, 5.74) is -0.412. The van der Waals surface area contributed by atoms with E-state index >= 15 is 0 Å². The number of benzene rings is 1. The zero-order valence-electron chi connectivity index (χ0n) is 20.4. The monoisotopic (exact) mass is 556 g/mol. The van der Waals surface area contributed by atoms with Crippen molar-refractivity contribution in [2.24, 2.45) is 0 Å². The molecule has 2 aliphatic rings. The second-order valence-corrected chi connectivity index (χ2v) is 10.3. The van der Waals surface area contributed by atoms with Gasteiger partial charge in [-0.25, -0.2) is 13.2 Å². The highest BCUT2D eigenvalue weighted by atomic mass is 32.2. The van der Waals surface area contributed by atoms with Gasteiger partial charge in [-0.3, -0.25) is 29.4 Å². The van der Waals surface area contributed by atoms with E-state index in [9.17, 15) is 32.4 Å². The lowest BCUT2D eigenvalue weighted by Gasteiger charge is -2.27. The summed E-state index contributed by atoms with van der Waals surface area (Å²) < 4.78 is 46.6. The maximum Gasteiger partial charge on any atom is 0.329 e. The van der Waals surface area contributed by atoms with Gasteiger partial charge in [0, 0.05) is 6.42 Å². The second kappa shape index (κ2) is 13.5. The Balaban J connectivity index is 1.44. The highest BCUT2D eigenvalue weighted by molar-refractivity contribution is 7.91. The summed E-state index contributed by atoms with van der Waals surface area (Å²) in [6.07, 6.45) is -0.0892. The van der Waals surface area contributed by atoms with Crippen LogP contribution in [0.15, 0.2) is 23.1 Å². The molecule has 0 radical (unpaired) electrons. The van der Waals surface area contributed by atoms with E-state index in [1.54, 1.807) is 0 Å². The molecule has 1 fully saturated rings. The Morgan fingerprint density at radius 1 is 0.921 bits per heavy atom. The molecule has 1 unspecified atom stereocenters. The summed E-state index contributed by atoms with van der Waals surface area (Å²) >= 11 is 0. The van der Waals surface area contributed by atoms with Gasteiger partial charge in [-0.2, -0.15) is 0 Å². The summed E-state index contributed by atoms with van der Waals surface area (Å²) in [4.78, 5) is 60.3. The van der Waals surface area contributed by atoms with Gasteiger partial charge in [-0.1, -0.05) is 6.07 Å². The number of carbonyl (C=O) groups excluding carboxylic acids is 4. The van der Waals surface area contributed by atoms with Gasteiger partial charge in [0.1, 0.15) is 12.6 Å². The van der Waals surface area contributed by atoms with Crippen molar-refractivity contribution in [2.75, 3.05) is 58.6 Å². The SMILES string of the molecule is O=C(O)COCCOCCOCCOCCS(=O)(=O)c1cccc2c1C(=O)N(C1CCC(=O)NC1=O)C2=O. The van der Waals surface area contributed by atoms with E-state index in [1.807, 2.05) is 0 Å². The van der Waals surface area contributed by atoms with Crippen molar-refractivity contribution in [3.05, 3.63) is 29.3 Å². The molecule has 0 aromatic heterocycles. The number of nitrogens with zero attached hydrogens (tertiary/aromatic N) is 1. The molecule has 0 spiro atoms. The van der Waals surface area contributed by atoms with Gasteiger partial charge in [0.25, 0.3) is 11.8 Å². The topological polar surface area (TPSA) is 192 Å². The van der Waals surface area contributed by atoms with E-state index in [4.69, 9.17) is 24.1 Å². The predicted octanol–water partition coefficient (Wildman–Crippen LogP) is -0.987. The van der Waals surface area contributed by atoms with Gasteiger partial charge in [0.05, 0.1) is 68.0 Å². The number of hydrogen-bond donors (Lipinski definition) is 2. The number of piperidine rings is 1. The van der Waals surface area contributed by atoms with Crippen molar-refractivity contribution in [1.29, 1.82) is 0 Å². The Bertz CT molecular complexity index is 1180. The molecule has 2 aliphatic heterocycles. The molecule has 0 saturated carbocycles. The number of imide groups is 2. The van der Waals surface area contributed by atoms with E-state index in [0.717, 1.165) is 0 Å². The third kappa shape index (κ3) is 7.41. The number of carboxylic acids is 1. The minimum atomic E-state index is -4.03. The van der Waals surface area contributed by atoms with Gasteiger partial charge in [-0.05, 0) is 18.6 Å². The van der Waals surface area contributed by atoms with Crippen LogP contribution in [0.1, 0.15) is 33.6 Å². The molecular weight excluding hydrogens is 528 g/mol. The van der Waals surface area contributed by atoms with E-state index in [0.29, 0.717) is 4.90 Å². The molecule has 0 bridgehead atoms. The summed E-state index contributed by atoms with van der Waals surface area (Å²) in [5, 5.41) is 10.5. The Hall–Kier alpha value is -3.24. The number of nitrogens with one attached hydrogen (secondary N) is 1. The first kappa shape index (κ1) is 29.3. The van der Waals surface area contributed by atoms with E-state index < -0.39 is 57.8 Å². The van der Waals surface area contributed by atoms with Crippen LogP contribution in [0.5, 0.6) is 0 Å². The van der Waals surface area contributed by atoms with E-state index in [-0.39, 0.29) is 75.1 Å². The summed E-state index contributed by atoms with van der Waals surface area (Å²) in [5.74, 6) is -4.50. The minimum absolute atomic E-state index is 0.0402. The number of carbonyl (C=O) groups is 5. The van der Waals surface area contributed by atoms with Crippen LogP contribution in [0.25, 0.3) is 0 Å². The van der Waals surface area contributed by atoms with Crippen LogP contribution in [0, 0.1) is 0 Å². The van der Waals surface area contributed by atoms with Crippen LogP contribution in [-0.2, 0) is 43.2 Å². The number of aliphatic carboxylic acids is 1. The molecule has 1 aromatic carbocycles. The quantitative estimate of drug-likeness (QED) is 0.187. The van der Waals surface area contributed by atoms with Gasteiger partial charge in [-0.15, -0.1) is 0 Å². The van der Waals surface area contributed by atoms with E-state index in [1.165, 1.54) is 18.2 Å². The molecule has 1 saturated heterocycles. The van der Waals surface area contributed by atoms with Crippen molar-refractivity contribution in [1.82, 2.24) is 10.2 Å². The van der Waals surface area contributed by atoms with Crippen molar-refractivity contribution in [3.8, 4) is 0 Å². The number of sulfone groups is 1. The van der Waals surface area contributed by atoms with Gasteiger partial charge in [0.2, 0.25) is 11.8 Å². The second-order valence-electron chi connectivity index (χ2n) is 8.23. The fraction of sp³-hybridized carbons (Fsp3) is 0.522. The molecule has 1 aromatic rings. The first-order chi connectivity index (χ1) is 18.1. The predicted molar refractivity (Wildman–Crippen MR) is 126 cm³/mol. The maximum atomic E-state index is 13.1. The van der Waals surface area contributed by atoms with Crippen LogP contribution in [0.4, 0.5) is 0 Å². The lowest BCUT2D eigenvalue weighted by molar-refractivity contribution is -0.143. The number of amides is 4. The van der Waals surface area contributed by atoms with Crippen LogP contribution in [0.2, 0.25) is 0 Å². The van der Waals surface area contributed by atoms with Crippen molar-refractivity contribution in [2.45, 2.75) is 23.8 Å². The number of carboxylic acid groups (broad SMARTS) is 1. The largest absolute Gasteiger partial charge is 0.480 e. The molecular formula is C23H28N2O12S. The Morgan fingerprint density at radius 3 is 2.13 bits per heavy atom. The standard InChI is InChI=1S/C23H28N2O12S/c26-18-5-4-16(21(29)24-18)25-22(30)15-2-1-3-17(20(15)23(25)31)38(32,33)13-12-36-9-8-34-6-7-35-10-11-37-14-19(27)28/h1-3,16H,4-14H2,(H,27,28)(H,24,26,29). The van der Waals surface area contributed by atoms with Crippen molar-refractivity contribution < 1.29 is 56.4 Å². The highest BCUT2D eigenvalue weighted by Gasteiger charge is 2.46. The highest BCUT2D eigenvalue weighted by Crippen LogP contribution is 2.32. The number of ether oxygens (including phenoxy) is 4. The fourth-order valence-electron chi connectivity index (χ4n) is 3.84. The zero-order valence-corrected chi connectivity index (χ0v) is 21.2. The molecule has 15 heteroatoms. The van der Waals surface area contributed by atoms with Gasteiger partial charge < -0.3 is 24.1 Å². The van der Waals surface area contributed by atoms with Gasteiger partial charge in [0.15, 0.2) is 9.84 Å². The third-order valence-corrected chi connectivity index (χ3v) is 7.32.